The van der Waals surface area contributed by atoms with Crippen molar-refractivity contribution < 1.29 is 13.9 Å². The third kappa shape index (κ3) is 4.87. The highest BCUT2D eigenvalue weighted by Crippen LogP contribution is 2.32. The number of aromatic nitrogens is 3. The first-order valence-corrected chi connectivity index (χ1v) is 11.4. The van der Waals surface area contributed by atoms with Crippen LogP contribution >= 0.6 is 11.8 Å². The number of anilines is 1. The summed E-state index contributed by atoms with van der Waals surface area (Å²) < 4.78 is 13.0. The van der Waals surface area contributed by atoms with Gasteiger partial charge in [0.05, 0.1) is 30.9 Å². The van der Waals surface area contributed by atoms with Crippen LogP contribution in [-0.4, -0.2) is 46.6 Å². The summed E-state index contributed by atoms with van der Waals surface area (Å²) in [4.78, 5) is 14.8. The number of benzene rings is 1. The summed E-state index contributed by atoms with van der Waals surface area (Å²) in [6.07, 6.45) is 5.10. The fraction of sp³-hybridized carbons (Fsp3) is 0.409. The minimum atomic E-state index is -0.195. The zero-order valence-electron chi connectivity index (χ0n) is 17.8. The van der Waals surface area contributed by atoms with E-state index in [4.69, 9.17) is 9.15 Å². The van der Waals surface area contributed by atoms with Gasteiger partial charge in [-0.1, -0.05) is 23.9 Å². The maximum atomic E-state index is 12.5. The molecule has 9 heteroatoms. The highest BCUT2D eigenvalue weighted by atomic mass is 32.2. The third-order valence-electron chi connectivity index (χ3n) is 5.26. The zero-order chi connectivity index (χ0) is 21.6. The Kier molecular flexibility index (Phi) is 6.81. The fourth-order valence-corrected chi connectivity index (χ4v) is 4.45. The van der Waals surface area contributed by atoms with E-state index in [1.807, 2.05) is 47.9 Å². The van der Waals surface area contributed by atoms with E-state index < -0.39 is 0 Å². The number of carbonyl (C=O) groups is 1. The lowest BCUT2D eigenvalue weighted by molar-refractivity contribution is -0.119. The summed E-state index contributed by atoms with van der Waals surface area (Å²) in [5.41, 5.74) is 0.863. The van der Waals surface area contributed by atoms with Crippen LogP contribution in [0.15, 0.2) is 52.2 Å². The molecule has 164 valence electrons. The number of hydrogen-bond donors (Lipinski definition) is 1. The van der Waals surface area contributed by atoms with Crippen LogP contribution < -0.4 is 15.0 Å². The molecule has 3 aromatic rings. The molecule has 1 fully saturated rings. The van der Waals surface area contributed by atoms with Gasteiger partial charge in [-0.3, -0.25) is 9.36 Å². The summed E-state index contributed by atoms with van der Waals surface area (Å²) in [5, 5.41) is 12.5. The van der Waals surface area contributed by atoms with E-state index in [0.29, 0.717) is 5.16 Å². The Balaban J connectivity index is 1.55. The van der Waals surface area contributed by atoms with Gasteiger partial charge in [0.1, 0.15) is 11.5 Å². The number of carbonyl (C=O) groups excluding carboxylic acids is 1. The van der Waals surface area contributed by atoms with Gasteiger partial charge in [0.15, 0.2) is 5.16 Å². The monoisotopic (exact) mass is 441 g/mol. The highest BCUT2D eigenvalue weighted by Gasteiger charge is 2.24. The Morgan fingerprint density at radius 2 is 2.00 bits per heavy atom. The molecule has 1 aliphatic rings. The molecule has 0 aliphatic carbocycles. The fourth-order valence-electron chi connectivity index (χ4n) is 3.70. The number of rotatable bonds is 8. The highest BCUT2D eigenvalue weighted by molar-refractivity contribution is 7.99. The summed E-state index contributed by atoms with van der Waals surface area (Å²) in [6, 6.07) is 11.3. The lowest BCUT2D eigenvalue weighted by atomic mass is 10.1. The molecule has 2 aromatic heterocycles. The molecule has 4 rings (SSSR count). The van der Waals surface area contributed by atoms with Crippen LogP contribution in [0.25, 0.3) is 5.69 Å². The minimum absolute atomic E-state index is 0.0944. The largest absolute Gasteiger partial charge is 0.495 e. The van der Waals surface area contributed by atoms with E-state index in [2.05, 4.69) is 20.4 Å². The van der Waals surface area contributed by atoms with Crippen molar-refractivity contribution in [3.8, 4) is 11.4 Å². The predicted octanol–water partition coefficient (Wildman–Crippen LogP) is 3.83. The Labute approximate surface area is 186 Å². The van der Waals surface area contributed by atoms with Crippen LogP contribution in [0.5, 0.6) is 5.75 Å². The first kappa shape index (κ1) is 21.3. The smallest absolute Gasteiger partial charge is 0.232 e. The van der Waals surface area contributed by atoms with Crippen LogP contribution in [0.1, 0.15) is 38.0 Å². The average Bonchev–Trinajstić information content (AvgIpc) is 3.48. The predicted molar refractivity (Wildman–Crippen MR) is 120 cm³/mol. The van der Waals surface area contributed by atoms with Crippen LogP contribution in [0.2, 0.25) is 0 Å². The van der Waals surface area contributed by atoms with Crippen molar-refractivity contribution in [2.75, 3.05) is 30.9 Å². The molecular formula is C22H27N5O3S. The quantitative estimate of drug-likeness (QED) is 0.532. The van der Waals surface area contributed by atoms with Crippen molar-refractivity contribution in [3.63, 3.8) is 0 Å². The molecule has 3 heterocycles. The number of nitrogens with one attached hydrogen (secondary N) is 1. The molecule has 8 nitrogen and oxygen atoms in total. The zero-order valence-corrected chi connectivity index (χ0v) is 18.6. The van der Waals surface area contributed by atoms with Gasteiger partial charge in [0, 0.05) is 13.1 Å². The second-order valence-corrected chi connectivity index (χ2v) is 8.37. The van der Waals surface area contributed by atoms with E-state index in [-0.39, 0.29) is 17.7 Å². The molecule has 0 bridgehead atoms. The first-order valence-electron chi connectivity index (χ1n) is 10.5. The van der Waals surface area contributed by atoms with E-state index >= 15 is 0 Å². The molecule has 1 atom stereocenters. The summed E-state index contributed by atoms with van der Waals surface area (Å²) >= 11 is 1.36. The van der Waals surface area contributed by atoms with E-state index in [1.165, 1.54) is 18.2 Å². The SMILES string of the molecule is COc1ccccc1-n1c(SCC(=O)NC(C)c2ccco2)nnc1N1CCCCC1. The second kappa shape index (κ2) is 9.91. The molecule has 1 unspecified atom stereocenters. The van der Waals surface area contributed by atoms with Crippen LogP contribution in [0.3, 0.4) is 0 Å². The Hall–Kier alpha value is -2.94. The first-order chi connectivity index (χ1) is 15.2. The Morgan fingerprint density at radius 3 is 2.74 bits per heavy atom. The van der Waals surface area contributed by atoms with Gasteiger partial charge in [-0.05, 0) is 50.5 Å². The number of methoxy groups -OCH3 is 1. The van der Waals surface area contributed by atoms with Crippen LogP contribution in [0, 0.1) is 0 Å². The number of thioether (sulfide) groups is 1. The molecule has 1 amide bonds. The molecule has 31 heavy (non-hydrogen) atoms. The number of para-hydroxylation sites is 2. The van der Waals surface area contributed by atoms with Gasteiger partial charge >= 0.3 is 0 Å². The van der Waals surface area contributed by atoms with Crippen molar-refractivity contribution in [2.24, 2.45) is 0 Å². The van der Waals surface area contributed by atoms with Gasteiger partial charge in [-0.25, -0.2) is 0 Å². The summed E-state index contributed by atoms with van der Waals surface area (Å²) in [6.45, 7) is 3.78. The van der Waals surface area contributed by atoms with Crippen molar-refractivity contribution in [1.29, 1.82) is 0 Å². The molecule has 0 saturated carbocycles. The number of piperidine rings is 1. The van der Waals surface area contributed by atoms with Crippen LogP contribution in [-0.2, 0) is 4.79 Å². The van der Waals surface area contributed by atoms with Crippen molar-refractivity contribution in [2.45, 2.75) is 37.4 Å². The van der Waals surface area contributed by atoms with E-state index in [0.717, 1.165) is 49.1 Å². The van der Waals surface area contributed by atoms with Crippen molar-refractivity contribution >= 4 is 23.6 Å². The maximum absolute atomic E-state index is 12.5. The number of hydrogen-bond acceptors (Lipinski definition) is 7. The van der Waals surface area contributed by atoms with Crippen molar-refractivity contribution in [3.05, 3.63) is 48.4 Å². The Morgan fingerprint density at radius 1 is 1.19 bits per heavy atom. The molecular weight excluding hydrogens is 414 g/mol. The van der Waals surface area contributed by atoms with E-state index in [1.54, 1.807) is 13.4 Å². The normalized spacial score (nSPS) is 15.0. The van der Waals surface area contributed by atoms with Gasteiger partial charge in [-0.15, -0.1) is 10.2 Å². The molecule has 0 spiro atoms. The molecule has 1 N–H and O–H groups in total. The summed E-state index contributed by atoms with van der Waals surface area (Å²) in [5.74, 6) is 2.37. The van der Waals surface area contributed by atoms with E-state index in [9.17, 15) is 4.79 Å². The van der Waals surface area contributed by atoms with Crippen LogP contribution in [0.4, 0.5) is 5.95 Å². The van der Waals surface area contributed by atoms with Crippen molar-refractivity contribution in [1.82, 2.24) is 20.1 Å². The minimum Gasteiger partial charge on any atom is -0.495 e. The molecule has 1 aliphatic heterocycles. The number of furan rings is 1. The van der Waals surface area contributed by atoms with Gasteiger partial charge in [0.25, 0.3) is 0 Å². The summed E-state index contributed by atoms with van der Waals surface area (Å²) in [7, 11) is 1.65. The van der Waals surface area contributed by atoms with Gasteiger partial charge in [-0.2, -0.15) is 0 Å². The topological polar surface area (TPSA) is 85.4 Å². The number of nitrogens with zero attached hydrogens (tertiary/aromatic N) is 4. The van der Waals surface area contributed by atoms with Gasteiger partial charge < -0.3 is 19.4 Å². The Bertz CT molecular complexity index is 999. The molecule has 0 radical (unpaired) electrons. The molecule has 1 saturated heterocycles. The van der Waals surface area contributed by atoms with Gasteiger partial charge in [0.2, 0.25) is 11.9 Å². The third-order valence-corrected chi connectivity index (χ3v) is 6.19. The molecule has 1 aromatic carbocycles. The number of amides is 1. The standard InChI is InChI=1S/C22H27N5O3S/c1-16(18-11-8-14-30-18)23-20(28)15-31-22-25-24-21(26-12-6-3-7-13-26)27(22)17-9-4-5-10-19(17)29-2/h4-5,8-11,14,16H,3,6-7,12-13,15H2,1-2H3,(H,23,28). The maximum Gasteiger partial charge on any atom is 0.232 e. The second-order valence-electron chi connectivity index (χ2n) is 7.43. The number of ether oxygens (including phenoxy) is 1. The average molecular weight is 442 g/mol. The lowest BCUT2D eigenvalue weighted by Crippen LogP contribution is -2.32. The lowest BCUT2D eigenvalue weighted by Gasteiger charge is -2.28.